The van der Waals surface area contributed by atoms with E-state index in [1.54, 1.807) is 6.07 Å². The summed E-state index contributed by atoms with van der Waals surface area (Å²) in [6.07, 6.45) is 0. The van der Waals surface area contributed by atoms with Gasteiger partial charge in [0, 0.05) is 11.5 Å². The van der Waals surface area contributed by atoms with Crippen LogP contribution in [0, 0.1) is 10.1 Å². The van der Waals surface area contributed by atoms with Crippen LogP contribution in [0.2, 0.25) is 0 Å². The van der Waals surface area contributed by atoms with E-state index in [4.69, 9.17) is 4.74 Å². The van der Waals surface area contributed by atoms with E-state index < -0.39 is 4.92 Å². The zero-order valence-electron chi connectivity index (χ0n) is 8.39. The maximum atomic E-state index is 11.1. The normalized spacial score (nSPS) is 10.3. The van der Waals surface area contributed by atoms with Crippen LogP contribution >= 0.6 is 0 Å². The van der Waals surface area contributed by atoms with Gasteiger partial charge >= 0.3 is 5.69 Å². The molecule has 6 heteroatoms. The zero-order chi connectivity index (χ0) is 11.7. The van der Waals surface area contributed by atoms with E-state index in [1.165, 1.54) is 25.3 Å². The first-order valence-electron chi connectivity index (χ1n) is 4.48. The van der Waals surface area contributed by atoms with Gasteiger partial charge < -0.3 is 9.72 Å². The third-order valence-corrected chi connectivity index (χ3v) is 2.24. The molecule has 0 atom stereocenters. The first-order valence-corrected chi connectivity index (χ1v) is 4.48. The van der Waals surface area contributed by atoms with E-state index in [1.807, 2.05) is 0 Å². The molecular formula is C10H8N2O4. The van der Waals surface area contributed by atoms with E-state index in [0.717, 1.165) is 0 Å². The minimum atomic E-state index is -0.572. The number of rotatable bonds is 2. The fourth-order valence-corrected chi connectivity index (χ4v) is 1.53. The van der Waals surface area contributed by atoms with Crippen LogP contribution in [-0.4, -0.2) is 17.0 Å². The molecule has 16 heavy (non-hydrogen) atoms. The molecule has 2 rings (SSSR count). The van der Waals surface area contributed by atoms with Crippen molar-refractivity contribution >= 4 is 16.6 Å². The number of H-pyrrole nitrogens is 1. The van der Waals surface area contributed by atoms with Gasteiger partial charge in [-0.1, -0.05) is 0 Å². The Balaban J connectivity index is 2.92. The fraction of sp³-hybridized carbons (Fsp3) is 0.100. The molecule has 0 unspecified atom stereocenters. The number of aromatic nitrogens is 1. The molecule has 0 aliphatic rings. The predicted octanol–water partition coefficient (Wildman–Crippen LogP) is 1.44. The molecule has 1 N–H and O–H groups in total. The second-order valence-corrected chi connectivity index (χ2v) is 3.16. The Morgan fingerprint density at radius 2 is 2.00 bits per heavy atom. The number of ether oxygens (including phenoxy) is 1. The Bertz CT molecular complexity index is 618. The molecule has 0 aliphatic heterocycles. The molecule has 0 saturated heterocycles. The van der Waals surface area contributed by atoms with Gasteiger partial charge in [0.05, 0.1) is 12.0 Å². The number of hydrogen-bond donors (Lipinski definition) is 1. The predicted molar refractivity (Wildman–Crippen MR) is 57.8 cm³/mol. The van der Waals surface area contributed by atoms with E-state index in [0.29, 0.717) is 5.39 Å². The summed E-state index contributed by atoms with van der Waals surface area (Å²) in [5, 5.41) is 11.5. The fourth-order valence-electron chi connectivity index (χ4n) is 1.53. The Kier molecular flexibility index (Phi) is 2.32. The average molecular weight is 220 g/mol. The lowest BCUT2D eigenvalue weighted by molar-refractivity contribution is -0.384. The van der Waals surface area contributed by atoms with E-state index >= 15 is 0 Å². The maximum absolute atomic E-state index is 11.1. The highest BCUT2D eigenvalue weighted by molar-refractivity contribution is 5.89. The zero-order valence-corrected chi connectivity index (χ0v) is 8.39. The van der Waals surface area contributed by atoms with Crippen molar-refractivity contribution in [3.63, 3.8) is 0 Å². The van der Waals surface area contributed by atoms with Crippen molar-refractivity contribution < 1.29 is 9.66 Å². The van der Waals surface area contributed by atoms with Gasteiger partial charge in [-0.15, -0.1) is 0 Å². The number of nitro groups is 1. The van der Waals surface area contributed by atoms with Crippen molar-refractivity contribution in [3.8, 4) is 5.75 Å². The van der Waals surface area contributed by atoms with Gasteiger partial charge in [0.1, 0.15) is 5.52 Å². The molecule has 0 fully saturated rings. The summed E-state index contributed by atoms with van der Waals surface area (Å²) in [7, 11) is 1.34. The lowest BCUT2D eigenvalue weighted by atomic mass is 10.2. The average Bonchev–Trinajstić information content (AvgIpc) is 2.26. The smallest absolute Gasteiger partial charge is 0.334 e. The summed E-state index contributed by atoms with van der Waals surface area (Å²) in [4.78, 5) is 23.9. The molecule has 82 valence electrons. The number of fused-ring (bicyclic) bond motifs is 1. The standard InChI is InChI=1S/C10H8N2O4/c1-16-7-4-2-6-3-5-8(13)11-9(6)10(7)12(14)15/h2-5H,1H3,(H,11,13). The highest BCUT2D eigenvalue weighted by Crippen LogP contribution is 2.32. The molecule has 0 radical (unpaired) electrons. The topological polar surface area (TPSA) is 85.2 Å². The minimum Gasteiger partial charge on any atom is -0.490 e. The highest BCUT2D eigenvalue weighted by Gasteiger charge is 2.19. The molecule has 2 aromatic rings. The largest absolute Gasteiger partial charge is 0.490 e. The van der Waals surface area contributed by atoms with Gasteiger partial charge in [-0.05, 0) is 18.2 Å². The van der Waals surface area contributed by atoms with E-state index in [2.05, 4.69) is 4.98 Å². The van der Waals surface area contributed by atoms with Crippen LogP contribution in [0.1, 0.15) is 0 Å². The van der Waals surface area contributed by atoms with Crippen molar-refractivity contribution in [3.05, 3.63) is 44.7 Å². The summed E-state index contributed by atoms with van der Waals surface area (Å²) in [5.41, 5.74) is -0.432. The quantitative estimate of drug-likeness (QED) is 0.613. The number of nitrogens with one attached hydrogen (secondary N) is 1. The lowest BCUT2D eigenvalue weighted by Gasteiger charge is -2.04. The van der Waals surface area contributed by atoms with Gasteiger partial charge in [-0.2, -0.15) is 0 Å². The number of benzene rings is 1. The number of nitro benzene ring substituents is 1. The van der Waals surface area contributed by atoms with Gasteiger partial charge in [0.15, 0.2) is 5.75 Å². The Morgan fingerprint density at radius 3 is 2.62 bits per heavy atom. The van der Waals surface area contributed by atoms with E-state index in [9.17, 15) is 14.9 Å². The first-order chi connectivity index (χ1) is 7.63. The number of pyridine rings is 1. The molecule has 0 bridgehead atoms. The molecule has 1 aromatic heterocycles. The Morgan fingerprint density at radius 1 is 1.31 bits per heavy atom. The second kappa shape index (κ2) is 3.65. The summed E-state index contributed by atoms with van der Waals surface area (Å²) in [5.74, 6) is 0.124. The van der Waals surface area contributed by atoms with Crippen LogP contribution in [0.4, 0.5) is 5.69 Å². The van der Waals surface area contributed by atoms with Crippen molar-refractivity contribution in [2.24, 2.45) is 0 Å². The molecule has 1 aromatic carbocycles. The molecule has 0 spiro atoms. The van der Waals surface area contributed by atoms with Crippen molar-refractivity contribution in [1.82, 2.24) is 4.98 Å². The van der Waals surface area contributed by atoms with Crippen molar-refractivity contribution in [2.45, 2.75) is 0 Å². The van der Waals surface area contributed by atoms with Crippen LogP contribution in [0.3, 0.4) is 0 Å². The number of nitrogens with zero attached hydrogens (tertiary/aromatic N) is 1. The van der Waals surface area contributed by atoms with Gasteiger partial charge in [0.25, 0.3) is 0 Å². The van der Waals surface area contributed by atoms with Gasteiger partial charge in [-0.25, -0.2) is 0 Å². The highest BCUT2D eigenvalue weighted by atomic mass is 16.6. The number of aromatic amines is 1. The SMILES string of the molecule is COc1ccc2ccc(=O)[nH]c2c1[N+](=O)[O-]. The molecule has 6 nitrogen and oxygen atoms in total. The first kappa shape index (κ1) is 10.2. The van der Waals surface area contributed by atoms with Crippen LogP contribution in [-0.2, 0) is 0 Å². The molecule has 0 aliphatic carbocycles. The van der Waals surface area contributed by atoms with E-state index in [-0.39, 0.29) is 22.5 Å². The van der Waals surface area contributed by atoms with Gasteiger partial charge in [0.2, 0.25) is 5.56 Å². The second-order valence-electron chi connectivity index (χ2n) is 3.16. The third kappa shape index (κ3) is 1.50. The number of hydrogen-bond acceptors (Lipinski definition) is 4. The summed E-state index contributed by atoms with van der Waals surface area (Å²) in [6, 6.07) is 6.00. The third-order valence-electron chi connectivity index (χ3n) is 2.24. The lowest BCUT2D eigenvalue weighted by Crippen LogP contribution is -2.05. The summed E-state index contributed by atoms with van der Waals surface area (Å²) in [6.45, 7) is 0. The number of methoxy groups -OCH3 is 1. The van der Waals surface area contributed by atoms with Crippen molar-refractivity contribution in [2.75, 3.05) is 7.11 Å². The van der Waals surface area contributed by atoms with Crippen LogP contribution < -0.4 is 10.3 Å². The van der Waals surface area contributed by atoms with Crippen LogP contribution in [0.25, 0.3) is 10.9 Å². The summed E-state index contributed by atoms with van der Waals surface area (Å²) < 4.78 is 4.89. The minimum absolute atomic E-state index is 0.124. The Labute approximate surface area is 89.6 Å². The van der Waals surface area contributed by atoms with Crippen LogP contribution in [0.5, 0.6) is 5.75 Å². The maximum Gasteiger partial charge on any atom is 0.334 e. The van der Waals surface area contributed by atoms with Crippen LogP contribution in [0.15, 0.2) is 29.1 Å². The molecular weight excluding hydrogens is 212 g/mol. The molecule has 0 amide bonds. The molecule has 1 heterocycles. The summed E-state index contributed by atoms with van der Waals surface area (Å²) >= 11 is 0. The van der Waals surface area contributed by atoms with Gasteiger partial charge in [-0.3, -0.25) is 14.9 Å². The van der Waals surface area contributed by atoms with Crippen molar-refractivity contribution in [1.29, 1.82) is 0 Å². The molecule has 0 saturated carbocycles. The Hall–Kier alpha value is -2.37. The monoisotopic (exact) mass is 220 g/mol.